The first-order valence-electron chi connectivity index (χ1n) is 6.06. The van der Waals surface area contributed by atoms with E-state index in [1.807, 2.05) is 37.3 Å². The Balaban J connectivity index is 1.80. The van der Waals surface area contributed by atoms with Crippen molar-refractivity contribution in [3.8, 4) is 5.75 Å². The number of aryl methyl sites for hydroxylation is 1. The van der Waals surface area contributed by atoms with Crippen molar-refractivity contribution in [1.29, 1.82) is 0 Å². The smallest absolute Gasteiger partial charge is 0.233 e. The van der Waals surface area contributed by atoms with E-state index in [9.17, 15) is 0 Å². The Morgan fingerprint density at radius 1 is 1.21 bits per heavy atom. The number of benzene rings is 2. The lowest BCUT2D eigenvalue weighted by Crippen LogP contribution is -1.96. The van der Waals surface area contributed by atoms with E-state index in [0.29, 0.717) is 18.2 Å². The predicted molar refractivity (Wildman–Crippen MR) is 73.9 cm³/mol. The molecule has 0 saturated heterocycles. The number of anilines is 1. The van der Waals surface area contributed by atoms with Crippen molar-refractivity contribution in [3.63, 3.8) is 0 Å². The van der Waals surface area contributed by atoms with Crippen molar-refractivity contribution >= 4 is 16.8 Å². The fourth-order valence-electron chi connectivity index (χ4n) is 1.91. The fraction of sp³-hybridized carbons (Fsp3) is 0.133. The second kappa shape index (κ2) is 4.65. The zero-order chi connectivity index (χ0) is 13.2. The molecule has 0 saturated carbocycles. The number of hydrogen-bond donors (Lipinski definition) is 1. The lowest BCUT2D eigenvalue weighted by molar-refractivity contribution is 0.265. The predicted octanol–water partition coefficient (Wildman–Crippen LogP) is 3.30. The van der Waals surface area contributed by atoms with Gasteiger partial charge in [-0.25, -0.2) is 4.98 Å². The molecule has 2 N–H and O–H groups in total. The van der Waals surface area contributed by atoms with E-state index in [0.717, 1.165) is 22.4 Å². The number of nitrogens with two attached hydrogens (primary N) is 1. The van der Waals surface area contributed by atoms with Gasteiger partial charge in [-0.2, -0.15) is 0 Å². The highest BCUT2D eigenvalue weighted by atomic mass is 16.5. The third kappa shape index (κ3) is 2.38. The molecule has 0 atom stereocenters. The highest BCUT2D eigenvalue weighted by molar-refractivity contribution is 5.76. The lowest BCUT2D eigenvalue weighted by Gasteiger charge is -2.05. The number of nitrogens with zero attached hydrogens (tertiary/aromatic N) is 1. The normalized spacial score (nSPS) is 10.8. The average Bonchev–Trinajstić information content (AvgIpc) is 2.79. The summed E-state index contributed by atoms with van der Waals surface area (Å²) in [5.41, 5.74) is 8.94. The molecule has 3 rings (SSSR count). The van der Waals surface area contributed by atoms with Crippen LogP contribution in [-0.2, 0) is 6.61 Å². The number of ether oxygens (including phenoxy) is 1. The zero-order valence-electron chi connectivity index (χ0n) is 10.6. The van der Waals surface area contributed by atoms with Crippen LogP contribution in [0.15, 0.2) is 46.9 Å². The van der Waals surface area contributed by atoms with Crippen LogP contribution in [0.3, 0.4) is 0 Å². The van der Waals surface area contributed by atoms with Gasteiger partial charge in [0.15, 0.2) is 12.2 Å². The number of fused-ring (bicyclic) bond motifs is 1. The van der Waals surface area contributed by atoms with Crippen LogP contribution in [-0.4, -0.2) is 4.98 Å². The lowest BCUT2D eigenvalue weighted by atomic mass is 10.2. The fourth-order valence-corrected chi connectivity index (χ4v) is 1.91. The molecule has 0 aliphatic heterocycles. The van der Waals surface area contributed by atoms with E-state index in [2.05, 4.69) is 4.98 Å². The van der Waals surface area contributed by atoms with E-state index < -0.39 is 0 Å². The Morgan fingerprint density at radius 3 is 2.89 bits per heavy atom. The van der Waals surface area contributed by atoms with Gasteiger partial charge in [0, 0.05) is 5.69 Å². The van der Waals surface area contributed by atoms with Crippen LogP contribution in [0.5, 0.6) is 5.75 Å². The number of para-hydroxylation sites is 1. The molecule has 0 amide bonds. The summed E-state index contributed by atoms with van der Waals surface area (Å²) in [6.45, 7) is 2.31. The summed E-state index contributed by atoms with van der Waals surface area (Å²) in [7, 11) is 0. The molecule has 0 aliphatic rings. The maximum Gasteiger partial charge on any atom is 0.233 e. The summed E-state index contributed by atoms with van der Waals surface area (Å²) >= 11 is 0. The molecule has 1 heterocycles. The summed E-state index contributed by atoms with van der Waals surface area (Å²) in [6.07, 6.45) is 0. The van der Waals surface area contributed by atoms with Crippen molar-refractivity contribution in [2.45, 2.75) is 13.5 Å². The number of hydrogen-bond acceptors (Lipinski definition) is 4. The zero-order valence-corrected chi connectivity index (χ0v) is 10.6. The van der Waals surface area contributed by atoms with E-state index in [1.54, 1.807) is 12.1 Å². The minimum absolute atomic E-state index is 0.305. The van der Waals surface area contributed by atoms with Gasteiger partial charge in [0.1, 0.15) is 11.3 Å². The Labute approximate surface area is 110 Å². The van der Waals surface area contributed by atoms with Crippen LogP contribution in [0.2, 0.25) is 0 Å². The number of oxazole rings is 1. The molecule has 0 spiro atoms. The number of rotatable bonds is 3. The van der Waals surface area contributed by atoms with Crippen molar-refractivity contribution in [2.75, 3.05) is 5.73 Å². The van der Waals surface area contributed by atoms with Crippen LogP contribution in [0.4, 0.5) is 5.69 Å². The molecule has 0 unspecified atom stereocenters. The van der Waals surface area contributed by atoms with E-state index in [1.165, 1.54) is 0 Å². The third-order valence-corrected chi connectivity index (χ3v) is 2.90. The van der Waals surface area contributed by atoms with E-state index >= 15 is 0 Å². The average molecular weight is 254 g/mol. The molecule has 96 valence electrons. The molecule has 19 heavy (non-hydrogen) atoms. The first-order chi connectivity index (χ1) is 9.22. The van der Waals surface area contributed by atoms with Crippen LogP contribution in [0.1, 0.15) is 11.5 Å². The molecule has 4 heteroatoms. The third-order valence-electron chi connectivity index (χ3n) is 2.90. The summed E-state index contributed by atoms with van der Waals surface area (Å²) in [5.74, 6) is 1.38. The molecule has 0 radical (unpaired) electrons. The minimum atomic E-state index is 0.305. The maximum atomic E-state index is 5.71. The van der Waals surface area contributed by atoms with Crippen LogP contribution in [0, 0.1) is 6.92 Å². The van der Waals surface area contributed by atoms with E-state index in [-0.39, 0.29) is 0 Å². The van der Waals surface area contributed by atoms with Gasteiger partial charge in [-0.1, -0.05) is 18.2 Å². The van der Waals surface area contributed by atoms with Crippen molar-refractivity contribution in [3.05, 3.63) is 53.9 Å². The molecule has 4 nitrogen and oxygen atoms in total. The second-order valence-corrected chi connectivity index (χ2v) is 4.39. The Morgan fingerprint density at radius 2 is 2.05 bits per heavy atom. The van der Waals surface area contributed by atoms with Gasteiger partial charge in [-0.05, 0) is 36.8 Å². The van der Waals surface area contributed by atoms with Crippen LogP contribution in [0.25, 0.3) is 11.1 Å². The largest absolute Gasteiger partial charge is 0.484 e. The summed E-state index contributed by atoms with van der Waals surface area (Å²) in [5, 5.41) is 0. The van der Waals surface area contributed by atoms with Gasteiger partial charge in [0.2, 0.25) is 5.89 Å². The Kier molecular flexibility index (Phi) is 2.83. The molecule has 1 aromatic heterocycles. The quantitative estimate of drug-likeness (QED) is 0.728. The van der Waals surface area contributed by atoms with Gasteiger partial charge in [0.25, 0.3) is 0 Å². The van der Waals surface area contributed by atoms with Gasteiger partial charge in [-0.3, -0.25) is 0 Å². The van der Waals surface area contributed by atoms with Crippen molar-refractivity contribution < 1.29 is 9.15 Å². The summed E-state index contributed by atoms with van der Waals surface area (Å²) in [4.78, 5) is 4.35. The Bertz CT molecular complexity index is 719. The molecule has 0 bridgehead atoms. The summed E-state index contributed by atoms with van der Waals surface area (Å²) in [6, 6.07) is 13.2. The first kappa shape index (κ1) is 11.6. The van der Waals surface area contributed by atoms with Gasteiger partial charge >= 0.3 is 0 Å². The SMILES string of the molecule is Cc1ccccc1OCc1nc2cc(N)ccc2o1. The number of nitrogen functional groups attached to an aromatic ring is 1. The molecule has 0 aliphatic carbocycles. The first-order valence-corrected chi connectivity index (χ1v) is 6.06. The molecule has 0 fully saturated rings. The highest BCUT2D eigenvalue weighted by Gasteiger charge is 2.07. The monoisotopic (exact) mass is 254 g/mol. The Hall–Kier alpha value is -2.49. The molecular weight excluding hydrogens is 240 g/mol. The van der Waals surface area contributed by atoms with Gasteiger partial charge < -0.3 is 14.9 Å². The highest BCUT2D eigenvalue weighted by Crippen LogP contribution is 2.21. The maximum absolute atomic E-state index is 5.71. The minimum Gasteiger partial charge on any atom is -0.484 e. The van der Waals surface area contributed by atoms with Crippen LogP contribution < -0.4 is 10.5 Å². The molecular formula is C15H14N2O2. The molecule has 2 aromatic carbocycles. The van der Waals surface area contributed by atoms with E-state index in [4.69, 9.17) is 14.9 Å². The van der Waals surface area contributed by atoms with Gasteiger partial charge in [0.05, 0.1) is 0 Å². The van der Waals surface area contributed by atoms with Crippen molar-refractivity contribution in [1.82, 2.24) is 4.98 Å². The standard InChI is InChI=1S/C15H14N2O2/c1-10-4-2-3-5-13(10)18-9-15-17-12-8-11(16)6-7-14(12)19-15/h2-8H,9,16H2,1H3. The summed E-state index contributed by atoms with van der Waals surface area (Å²) < 4.78 is 11.3. The van der Waals surface area contributed by atoms with Gasteiger partial charge in [-0.15, -0.1) is 0 Å². The second-order valence-electron chi connectivity index (χ2n) is 4.39. The molecule has 3 aromatic rings. The van der Waals surface area contributed by atoms with Crippen molar-refractivity contribution in [2.24, 2.45) is 0 Å². The number of aromatic nitrogens is 1. The van der Waals surface area contributed by atoms with Crippen LogP contribution >= 0.6 is 0 Å². The topological polar surface area (TPSA) is 61.3 Å².